The molecule has 3 aromatic rings. The van der Waals surface area contributed by atoms with E-state index in [9.17, 15) is 14.7 Å². The van der Waals surface area contributed by atoms with Gasteiger partial charge in [0.05, 0.1) is 19.1 Å². The Morgan fingerprint density at radius 3 is 2.53 bits per heavy atom. The molecule has 0 bridgehead atoms. The normalized spacial score (nSPS) is 18.6. The molecule has 4 rings (SSSR count). The second-order valence-corrected chi connectivity index (χ2v) is 9.95. The summed E-state index contributed by atoms with van der Waals surface area (Å²) in [6.45, 7) is 5.63. The Kier molecular flexibility index (Phi) is 9.04. The number of hydrogen-bond donors (Lipinski definition) is 2. The molecule has 3 atom stereocenters. The molecule has 1 aliphatic rings. The maximum absolute atomic E-state index is 13.4. The highest BCUT2D eigenvalue weighted by Gasteiger charge is 2.31. The van der Waals surface area contributed by atoms with Crippen molar-refractivity contribution < 1.29 is 19.4 Å². The quantitative estimate of drug-likeness (QED) is 0.473. The number of anilines is 1. The average Bonchev–Trinajstić information content (AvgIpc) is 2.97. The molecule has 2 aromatic heterocycles. The van der Waals surface area contributed by atoms with Crippen molar-refractivity contribution in [1.82, 2.24) is 19.8 Å². The summed E-state index contributed by atoms with van der Waals surface area (Å²) >= 11 is 0. The molecule has 0 unspecified atom stereocenters. The van der Waals surface area contributed by atoms with Gasteiger partial charge in [-0.25, -0.2) is 0 Å². The fourth-order valence-electron chi connectivity index (χ4n) is 4.60. The van der Waals surface area contributed by atoms with Crippen LogP contribution in [0.15, 0.2) is 67.3 Å². The molecule has 0 spiro atoms. The van der Waals surface area contributed by atoms with Crippen molar-refractivity contribution in [2.24, 2.45) is 5.92 Å². The highest BCUT2D eigenvalue weighted by Crippen LogP contribution is 2.29. The lowest BCUT2D eigenvalue weighted by atomic mass is 10.0. The molecule has 9 nitrogen and oxygen atoms in total. The number of fused-ring (bicyclic) bond motifs is 1. The van der Waals surface area contributed by atoms with Crippen LogP contribution in [0.1, 0.15) is 35.3 Å². The minimum Gasteiger partial charge on any atom is -0.488 e. The summed E-state index contributed by atoms with van der Waals surface area (Å²) in [6, 6.07) is 12.3. The van der Waals surface area contributed by atoms with Crippen molar-refractivity contribution in [1.29, 1.82) is 0 Å². The minimum absolute atomic E-state index is 0.00450. The number of aromatic nitrogens is 2. The second kappa shape index (κ2) is 12.6. The standard InChI is InChI=1S/C29H35N5O4/c1-20-16-34(21(2)19-35)28(36)15-24-14-25(32-29(37)23-8-12-31-13-9-23)4-5-26(24)38-27(20)18-33(3)17-22-6-10-30-11-7-22/h4-14,20-21,27,35H,15-19H2,1-3H3,(H,32,37)/t20-,21-,27-/m0/s1. The first kappa shape index (κ1) is 27.2. The van der Waals surface area contributed by atoms with Crippen molar-refractivity contribution in [2.75, 3.05) is 32.1 Å². The summed E-state index contributed by atoms with van der Waals surface area (Å²) in [7, 11) is 2.04. The number of aliphatic hydroxyl groups excluding tert-OH is 1. The van der Waals surface area contributed by atoms with Crippen LogP contribution in [0.5, 0.6) is 5.75 Å². The molecule has 0 saturated carbocycles. The topological polar surface area (TPSA) is 108 Å². The highest BCUT2D eigenvalue weighted by atomic mass is 16.5. The molecular weight excluding hydrogens is 482 g/mol. The van der Waals surface area contributed by atoms with E-state index in [2.05, 4.69) is 27.1 Å². The van der Waals surface area contributed by atoms with E-state index in [0.29, 0.717) is 35.7 Å². The van der Waals surface area contributed by atoms with Gasteiger partial charge in [-0.2, -0.15) is 0 Å². The Bertz CT molecular complexity index is 1220. The van der Waals surface area contributed by atoms with E-state index < -0.39 is 0 Å². The molecule has 0 saturated heterocycles. The summed E-state index contributed by atoms with van der Waals surface area (Å²) in [5, 5.41) is 12.8. The van der Waals surface area contributed by atoms with E-state index in [4.69, 9.17) is 4.74 Å². The van der Waals surface area contributed by atoms with Gasteiger partial charge in [-0.3, -0.25) is 24.5 Å². The monoisotopic (exact) mass is 517 g/mol. The van der Waals surface area contributed by atoms with Gasteiger partial charge in [0.2, 0.25) is 5.91 Å². The van der Waals surface area contributed by atoms with E-state index >= 15 is 0 Å². The number of nitrogens with zero attached hydrogens (tertiary/aromatic N) is 4. The molecule has 1 aromatic carbocycles. The molecule has 3 heterocycles. The number of carbonyl (C=O) groups excluding carboxylic acids is 2. The van der Waals surface area contributed by atoms with Crippen molar-refractivity contribution in [3.63, 3.8) is 0 Å². The SMILES string of the molecule is C[C@H]1CN([C@@H](C)CO)C(=O)Cc2cc(NC(=O)c3ccncc3)ccc2O[C@H]1CN(C)Cc1ccncc1. The lowest BCUT2D eigenvalue weighted by Crippen LogP contribution is -2.47. The lowest BCUT2D eigenvalue weighted by molar-refractivity contribution is -0.134. The van der Waals surface area contributed by atoms with Crippen LogP contribution in [0.2, 0.25) is 0 Å². The fourth-order valence-corrected chi connectivity index (χ4v) is 4.60. The zero-order chi connectivity index (χ0) is 27.1. The molecule has 200 valence electrons. The summed E-state index contributed by atoms with van der Waals surface area (Å²) in [4.78, 5) is 38.1. The van der Waals surface area contributed by atoms with Crippen molar-refractivity contribution in [3.05, 3.63) is 83.9 Å². The predicted molar refractivity (Wildman–Crippen MR) is 145 cm³/mol. The van der Waals surface area contributed by atoms with Gasteiger partial charge in [-0.1, -0.05) is 6.92 Å². The van der Waals surface area contributed by atoms with E-state index in [1.807, 2.05) is 32.2 Å². The summed E-state index contributed by atoms with van der Waals surface area (Å²) in [5.74, 6) is 0.270. The first-order chi connectivity index (χ1) is 18.3. The summed E-state index contributed by atoms with van der Waals surface area (Å²) in [6.07, 6.45) is 6.58. The van der Waals surface area contributed by atoms with E-state index in [1.165, 1.54) is 0 Å². The van der Waals surface area contributed by atoms with Crippen LogP contribution >= 0.6 is 0 Å². The zero-order valence-electron chi connectivity index (χ0n) is 22.1. The summed E-state index contributed by atoms with van der Waals surface area (Å²) < 4.78 is 6.58. The van der Waals surface area contributed by atoms with Crippen LogP contribution in [0.3, 0.4) is 0 Å². The number of nitrogens with one attached hydrogen (secondary N) is 1. The van der Waals surface area contributed by atoms with Crippen LogP contribution in [0, 0.1) is 5.92 Å². The third-order valence-corrected chi connectivity index (χ3v) is 6.81. The smallest absolute Gasteiger partial charge is 0.255 e. The van der Waals surface area contributed by atoms with E-state index in [1.54, 1.807) is 54.0 Å². The van der Waals surface area contributed by atoms with Gasteiger partial charge in [0, 0.05) is 67.2 Å². The Labute approximate surface area is 223 Å². The van der Waals surface area contributed by atoms with Gasteiger partial charge in [-0.05, 0) is 62.0 Å². The van der Waals surface area contributed by atoms with Crippen molar-refractivity contribution >= 4 is 17.5 Å². The fraction of sp³-hybridized carbons (Fsp3) is 0.379. The lowest BCUT2D eigenvalue weighted by Gasteiger charge is -2.34. The maximum Gasteiger partial charge on any atom is 0.255 e. The molecule has 0 aliphatic carbocycles. The van der Waals surface area contributed by atoms with Crippen LogP contribution in [0.4, 0.5) is 5.69 Å². The predicted octanol–water partition coefficient (Wildman–Crippen LogP) is 3.01. The van der Waals surface area contributed by atoms with Crippen LogP contribution in [-0.4, -0.2) is 75.6 Å². The molecule has 1 aliphatic heterocycles. The van der Waals surface area contributed by atoms with Crippen molar-refractivity contribution in [3.8, 4) is 5.75 Å². The number of amides is 2. The first-order valence-corrected chi connectivity index (χ1v) is 12.8. The van der Waals surface area contributed by atoms with Gasteiger partial charge >= 0.3 is 0 Å². The van der Waals surface area contributed by atoms with Crippen molar-refractivity contribution in [2.45, 2.75) is 39.0 Å². The Morgan fingerprint density at radius 2 is 1.84 bits per heavy atom. The molecular formula is C29H35N5O4. The molecule has 2 N–H and O–H groups in total. The van der Waals surface area contributed by atoms with E-state index in [-0.39, 0.29) is 42.9 Å². The minimum atomic E-state index is -0.323. The number of aliphatic hydroxyl groups is 1. The largest absolute Gasteiger partial charge is 0.488 e. The Balaban J connectivity index is 1.60. The number of pyridine rings is 2. The van der Waals surface area contributed by atoms with Gasteiger partial charge in [0.25, 0.3) is 5.91 Å². The molecule has 2 amide bonds. The van der Waals surface area contributed by atoms with Crippen LogP contribution in [-0.2, 0) is 17.8 Å². The Hall–Kier alpha value is -3.82. The van der Waals surface area contributed by atoms with Gasteiger partial charge in [0.15, 0.2) is 0 Å². The number of benzene rings is 1. The third-order valence-electron chi connectivity index (χ3n) is 6.81. The van der Waals surface area contributed by atoms with E-state index in [0.717, 1.165) is 12.1 Å². The molecule has 0 radical (unpaired) electrons. The molecule has 9 heteroatoms. The Morgan fingerprint density at radius 1 is 1.16 bits per heavy atom. The number of carbonyl (C=O) groups is 2. The number of likely N-dealkylation sites (N-methyl/N-ethyl adjacent to an activating group) is 1. The first-order valence-electron chi connectivity index (χ1n) is 12.8. The zero-order valence-corrected chi connectivity index (χ0v) is 22.1. The number of ether oxygens (including phenoxy) is 1. The van der Waals surface area contributed by atoms with Crippen LogP contribution in [0.25, 0.3) is 0 Å². The molecule has 38 heavy (non-hydrogen) atoms. The van der Waals surface area contributed by atoms with Crippen LogP contribution < -0.4 is 10.1 Å². The maximum atomic E-state index is 13.4. The summed E-state index contributed by atoms with van der Waals surface area (Å²) in [5.41, 5.74) is 2.90. The van der Waals surface area contributed by atoms with Gasteiger partial charge in [-0.15, -0.1) is 0 Å². The number of hydrogen-bond acceptors (Lipinski definition) is 7. The second-order valence-electron chi connectivity index (χ2n) is 9.95. The van der Waals surface area contributed by atoms with Gasteiger partial charge < -0.3 is 20.1 Å². The highest BCUT2D eigenvalue weighted by molar-refractivity contribution is 6.04. The van der Waals surface area contributed by atoms with Gasteiger partial charge in [0.1, 0.15) is 11.9 Å². The number of rotatable bonds is 8. The average molecular weight is 518 g/mol. The third kappa shape index (κ3) is 6.93. The molecule has 0 fully saturated rings.